The van der Waals surface area contributed by atoms with Crippen LogP contribution in [0, 0.1) is 0 Å². The van der Waals surface area contributed by atoms with Crippen LogP contribution >= 0.6 is 0 Å². The summed E-state index contributed by atoms with van der Waals surface area (Å²) in [5.41, 5.74) is 0. The number of nitrogens with one attached hydrogen (secondary N) is 1. The van der Waals surface area contributed by atoms with E-state index < -0.39 is 12.1 Å². The molecule has 0 aliphatic rings. The number of carbonyl (C=O) groups excluding carboxylic acids is 2. The van der Waals surface area contributed by atoms with Crippen LogP contribution < -0.4 is 5.32 Å². The molecule has 65 heavy (non-hydrogen) atoms. The maximum Gasteiger partial charge on any atom is 0.305 e. The molecule has 2 atom stereocenters. The molecule has 0 saturated carbocycles. The molecule has 0 aromatic rings. The van der Waals surface area contributed by atoms with Gasteiger partial charge in [-0.25, -0.2) is 0 Å². The molecule has 6 heteroatoms. The van der Waals surface area contributed by atoms with Gasteiger partial charge in [0.2, 0.25) is 5.91 Å². The maximum absolute atomic E-state index is 12.5. The first-order valence-electron chi connectivity index (χ1n) is 29.8. The molecule has 0 aliphatic heterocycles. The lowest BCUT2D eigenvalue weighted by Crippen LogP contribution is -2.45. The number of carbonyl (C=O) groups is 2. The largest absolute Gasteiger partial charge is 0.466 e. The van der Waals surface area contributed by atoms with Crippen molar-refractivity contribution in [3.8, 4) is 0 Å². The molecule has 0 aromatic carbocycles. The number of esters is 1. The number of unbranched alkanes of at least 4 members (excludes halogenated alkanes) is 45. The molecule has 0 fully saturated rings. The van der Waals surface area contributed by atoms with Gasteiger partial charge in [0.05, 0.1) is 25.4 Å². The average molecular weight is 921 g/mol. The van der Waals surface area contributed by atoms with Crippen molar-refractivity contribution in [2.75, 3.05) is 13.2 Å². The number of aliphatic hydroxyl groups is 2. The fourth-order valence-electron chi connectivity index (χ4n) is 9.58. The number of rotatable bonds is 56. The Bertz CT molecular complexity index is 928. The van der Waals surface area contributed by atoms with E-state index >= 15 is 0 Å². The molecule has 2 unspecified atom stereocenters. The van der Waals surface area contributed by atoms with E-state index in [-0.39, 0.29) is 18.5 Å². The van der Waals surface area contributed by atoms with E-state index in [2.05, 4.69) is 19.2 Å². The Labute approximate surface area is 406 Å². The van der Waals surface area contributed by atoms with Crippen LogP contribution in [0.3, 0.4) is 0 Å². The molecule has 0 aliphatic carbocycles. The van der Waals surface area contributed by atoms with Gasteiger partial charge in [0.15, 0.2) is 0 Å². The zero-order valence-corrected chi connectivity index (χ0v) is 44.3. The van der Waals surface area contributed by atoms with Crippen LogP contribution in [0.2, 0.25) is 0 Å². The SMILES string of the molecule is CCCCCCCCCCCCCCCCCCCCCCCCCCC(O)C(CO)NC(=O)CCCCCCCCCCCCCCCOC(=O)CCCCCCCCCCCCC. The lowest BCUT2D eigenvalue weighted by Gasteiger charge is -2.22. The highest BCUT2D eigenvalue weighted by Crippen LogP contribution is 2.18. The van der Waals surface area contributed by atoms with Crippen molar-refractivity contribution >= 4 is 11.9 Å². The van der Waals surface area contributed by atoms with Gasteiger partial charge in [-0.1, -0.05) is 303 Å². The molecular formula is C59H117NO5. The second kappa shape index (κ2) is 55.5. The van der Waals surface area contributed by atoms with Crippen molar-refractivity contribution in [1.29, 1.82) is 0 Å². The fourth-order valence-corrected chi connectivity index (χ4v) is 9.58. The molecule has 6 nitrogen and oxygen atoms in total. The molecule has 0 radical (unpaired) electrons. The number of aliphatic hydroxyl groups excluding tert-OH is 2. The summed E-state index contributed by atoms with van der Waals surface area (Å²) in [6.45, 7) is 4.95. The van der Waals surface area contributed by atoms with Crippen LogP contribution in [-0.2, 0) is 14.3 Å². The van der Waals surface area contributed by atoms with Crippen LogP contribution in [0.1, 0.15) is 341 Å². The van der Waals surface area contributed by atoms with E-state index in [1.165, 1.54) is 257 Å². The van der Waals surface area contributed by atoms with Gasteiger partial charge in [-0.05, 0) is 25.7 Å². The smallest absolute Gasteiger partial charge is 0.305 e. The molecule has 0 heterocycles. The third-order valence-electron chi connectivity index (χ3n) is 14.2. The van der Waals surface area contributed by atoms with Crippen LogP contribution in [0.25, 0.3) is 0 Å². The number of amides is 1. The minimum Gasteiger partial charge on any atom is -0.466 e. The van der Waals surface area contributed by atoms with E-state index in [0.29, 0.717) is 25.9 Å². The van der Waals surface area contributed by atoms with Crippen molar-refractivity contribution in [2.24, 2.45) is 0 Å². The molecule has 0 bridgehead atoms. The van der Waals surface area contributed by atoms with E-state index in [1.807, 2.05) is 0 Å². The predicted molar refractivity (Wildman–Crippen MR) is 283 cm³/mol. The summed E-state index contributed by atoms with van der Waals surface area (Å²) >= 11 is 0. The van der Waals surface area contributed by atoms with Crippen LogP contribution in [0.4, 0.5) is 0 Å². The zero-order chi connectivity index (χ0) is 47.2. The molecule has 0 aromatic heterocycles. The quantitative estimate of drug-likeness (QED) is 0.0417. The van der Waals surface area contributed by atoms with Gasteiger partial charge in [0.25, 0.3) is 0 Å². The molecule has 1 amide bonds. The van der Waals surface area contributed by atoms with Gasteiger partial charge in [0, 0.05) is 12.8 Å². The molecular weight excluding hydrogens is 803 g/mol. The van der Waals surface area contributed by atoms with Gasteiger partial charge in [0.1, 0.15) is 0 Å². The summed E-state index contributed by atoms with van der Waals surface area (Å²) in [5.74, 6) is -0.0473. The predicted octanol–water partition coefficient (Wildman–Crippen LogP) is 18.3. The van der Waals surface area contributed by atoms with Crippen LogP contribution in [-0.4, -0.2) is 47.4 Å². The lowest BCUT2D eigenvalue weighted by atomic mass is 10.0. The topological polar surface area (TPSA) is 95.9 Å². The summed E-state index contributed by atoms with van der Waals surface area (Å²) in [6.07, 6.45) is 63.8. The third-order valence-corrected chi connectivity index (χ3v) is 14.2. The fraction of sp³-hybridized carbons (Fsp3) is 0.966. The summed E-state index contributed by atoms with van der Waals surface area (Å²) in [6, 6.07) is -0.550. The second-order valence-corrected chi connectivity index (χ2v) is 20.7. The van der Waals surface area contributed by atoms with Gasteiger partial charge >= 0.3 is 5.97 Å². The Hall–Kier alpha value is -1.14. The minimum atomic E-state index is -0.672. The summed E-state index contributed by atoms with van der Waals surface area (Å²) < 4.78 is 5.45. The van der Waals surface area contributed by atoms with E-state index in [0.717, 1.165) is 51.4 Å². The standard InChI is InChI=1S/C59H117NO5/c1-3-5-7-9-11-13-15-16-17-18-19-20-21-22-23-24-25-26-28-32-35-39-43-47-51-57(62)56(55-61)60-58(63)52-48-44-40-36-33-29-27-30-34-38-42-46-50-54-65-59(64)53-49-45-41-37-31-14-12-10-8-6-4-2/h56-57,61-62H,3-55H2,1-2H3,(H,60,63). The van der Waals surface area contributed by atoms with Crippen molar-refractivity contribution in [3.05, 3.63) is 0 Å². The number of hydrogen-bond acceptors (Lipinski definition) is 5. The van der Waals surface area contributed by atoms with Gasteiger partial charge < -0.3 is 20.3 Å². The molecule has 388 valence electrons. The summed E-state index contributed by atoms with van der Waals surface area (Å²) in [5, 5.41) is 23.4. The third kappa shape index (κ3) is 52.1. The average Bonchev–Trinajstić information content (AvgIpc) is 3.31. The van der Waals surface area contributed by atoms with Crippen molar-refractivity contribution in [2.45, 2.75) is 353 Å². The number of ether oxygens (including phenoxy) is 1. The van der Waals surface area contributed by atoms with Crippen molar-refractivity contribution in [1.82, 2.24) is 5.32 Å². The first-order valence-corrected chi connectivity index (χ1v) is 29.8. The normalized spacial score (nSPS) is 12.5. The van der Waals surface area contributed by atoms with Gasteiger partial charge in [-0.3, -0.25) is 9.59 Å². The summed E-state index contributed by atoms with van der Waals surface area (Å²) in [4.78, 5) is 24.5. The van der Waals surface area contributed by atoms with E-state index in [1.54, 1.807) is 0 Å². The zero-order valence-electron chi connectivity index (χ0n) is 44.3. The lowest BCUT2D eigenvalue weighted by molar-refractivity contribution is -0.143. The van der Waals surface area contributed by atoms with Crippen molar-refractivity contribution in [3.63, 3.8) is 0 Å². The van der Waals surface area contributed by atoms with Gasteiger partial charge in [-0.2, -0.15) is 0 Å². The molecule has 0 rings (SSSR count). The summed E-state index contributed by atoms with van der Waals surface area (Å²) in [7, 11) is 0. The highest BCUT2D eigenvalue weighted by molar-refractivity contribution is 5.76. The Balaban J connectivity index is 3.43. The van der Waals surface area contributed by atoms with Crippen molar-refractivity contribution < 1.29 is 24.5 Å². The monoisotopic (exact) mass is 920 g/mol. The second-order valence-electron chi connectivity index (χ2n) is 20.7. The molecule has 0 spiro atoms. The van der Waals surface area contributed by atoms with Crippen LogP contribution in [0.5, 0.6) is 0 Å². The number of hydrogen-bond donors (Lipinski definition) is 3. The maximum atomic E-state index is 12.5. The Morgan fingerprint density at radius 3 is 0.938 bits per heavy atom. The van der Waals surface area contributed by atoms with Crippen LogP contribution in [0.15, 0.2) is 0 Å². The highest BCUT2D eigenvalue weighted by Gasteiger charge is 2.20. The Morgan fingerprint density at radius 2 is 0.631 bits per heavy atom. The van der Waals surface area contributed by atoms with E-state index in [9.17, 15) is 19.8 Å². The van der Waals surface area contributed by atoms with Gasteiger partial charge in [-0.15, -0.1) is 0 Å². The highest BCUT2D eigenvalue weighted by atomic mass is 16.5. The molecule has 3 N–H and O–H groups in total. The first-order chi connectivity index (χ1) is 32.0. The molecule has 0 saturated heterocycles. The minimum absolute atomic E-state index is 0.00426. The van der Waals surface area contributed by atoms with E-state index in [4.69, 9.17) is 4.74 Å². The Morgan fingerprint density at radius 1 is 0.369 bits per heavy atom. The Kier molecular flexibility index (Phi) is 54.5. The first kappa shape index (κ1) is 63.9.